The Morgan fingerprint density at radius 3 is 2.94 bits per heavy atom. The molecule has 0 bridgehead atoms. The van der Waals surface area contributed by atoms with E-state index in [0.717, 1.165) is 23.8 Å². The Morgan fingerprint density at radius 1 is 1.56 bits per heavy atom. The summed E-state index contributed by atoms with van der Waals surface area (Å²) in [6.07, 6.45) is 6.15. The van der Waals surface area contributed by atoms with Gasteiger partial charge in [0.2, 0.25) is 0 Å². The molecule has 2 atom stereocenters. The molecule has 0 radical (unpaired) electrons. The number of aromatic nitrogens is 2. The van der Waals surface area contributed by atoms with Crippen molar-refractivity contribution in [1.82, 2.24) is 9.97 Å². The summed E-state index contributed by atoms with van der Waals surface area (Å²) in [5, 5.41) is 4.37. The summed E-state index contributed by atoms with van der Waals surface area (Å²) >= 11 is 1.59. The molecule has 6 heteroatoms. The highest BCUT2D eigenvalue weighted by Crippen LogP contribution is 2.13. The number of nitrogens with zero attached hydrogens (tertiary/aromatic N) is 2. The number of thioether (sulfide) groups is 1. The van der Waals surface area contributed by atoms with E-state index in [9.17, 15) is 4.21 Å². The summed E-state index contributed by atoms with van der Waals surface area (Å²) in [7, 11) is -0.751. The van der Waals surface area contributed by atoms with Crippen LogP contribution in [0, 0.1) is 0 Å². The third kappa shape index (κ3) is 4.49. The molecule has 1 heterocycles. The maximum absolute atomic E-state index is 11.1. The van der Waals surface area contributed by atoms with Crippen LogP contribution in [-0.2, 0) is 10.8 Å². The molecule has 0 fully saturated rings. The number of hydrogen-bond acceptors (Lipinski definition) is 5. The highest BCUT2D eigenvalue weighted by molar-refractivity contribution is 7.98. The predicted octanol–water partition coefficient (Wildman–Crippen LogP) is 1.77. The van der Waals surface area contributed by atoms with Crippen molar-refractivity contribution < 1.29 is 4.21 Å². The Bertz CT molecular complexity index is 360. The fourth-order valence-corrected chi connectivity index (χ4v) is 1.95. The van der Waals surface area contributed by atoms with Gasteiger partial charge in [0.05, 0.1) is 0 Å². The Labute approximate surface area is 103 Å². The molecule has 90 valence electrons. The van der Waals surface area contributed by atoms with E-state index in [4.69, 9.17) is 0 Å². The molecule has 4 nitrogen and oxygen atoms in total. The standard InChI is InChI=1S/C10H17N3OS2/c1-8(16(3)14)4-5-11-9-6-10(15-2)13-7-12-9/h6-8H,4-5H2,1-3H3,(H,11,12,13). The van der Waals surface area contributed by atoms with Crippen LogP contribution in [0.3, 0.4) is 0 Å². The van der Waals surface area contributed by atoms with Gasteiger partial charge in [0.1, 0.15) is 17.2 Å². The normalized spacial score (nSPS) is 14.4. The molecule has 0 aliphatic carbocycles. The van der Waals surface area contributed by atoms with Gasteiger partial charge < -0.3 is 5.32 Å². The van der Waals surface area contributed by atoms with E-state index in [1.54, 1.807) is 24.3 Å². The van der Waals surface area contributed by atoms with E-state index in [1.807, 2.05) is 19.2 Å². The van der Waals surface area contributed by atoms with Gasteiger partial charge in [0.15, 0.2) is 0 Å². The zero-order valence-electron chi connectivity index (χ0n) is 9.77. The van der Waals surface area contributed by atoms with Crippen molar-refractivity contribution in [2.75, 3.05) is 24.4 Å². The molecule has 1 rings (SSSR count). The maximum atomic E-state index is 11.1. The second kappa shape index (κ2) is 6.85. The highest BCUT2D eigenvalue weighted by Gasteiger charge is 2.05. The van der Waals surface area contributed by atoms with Crippen molar-refractivity contribution in [2.24, 2.45) is 0 Å². The van der Waals surface area contributed by atoms with E-state index < -0.39 is 10.8 Å². The summed E-state index contributed by atoms with van der Waals surface area (Å²) in [5.41, 5.74) is 0. The Kier molecular flexibility index (Phi) is 5.76. The molecule has 0 spiro atoms. The van der Waals surface area contributed by atoms with E-state index in [2.05, 4.69) is 15.3 Å². The fraction of sp³-hybridized carbons (Fsp3) is 0.600. The molecule has 0 aromatic carbocycles. The van der Waals surface area contributed by atoms with Crippen molar-refractivity contribution >= 4 is 28.4 Å². The van der Waals surface area contributed by atoms with Gasteiger partial charge in [-0.05, 0) is 12.7 Å². The number of hydrogen-bond donors (Lipinski definition) is 1. The first-order chi connectivity index (χ1) is 7.63. The van der Waals surface area contributed by atoms with Crippen molar-refractivity contribution in [2.45, 2.75) is 23.6 Å². The largest absolute Gasteiger partial charge is 0.370 e. The van der Waals surface area contributed by atoms with Crippen molar-refractivity contribution in [3.05, 3.63) is 12.4 Å². The van der Waals surface area contributed by atoms with Crippen LogP contribution in [0.2, 0.25) is 0 Å². The smallest absolute Gasteiger partial charge is 0.130 e. The average molecular weight is 259 g/mol. The first kappa shape index (κ1) is 13.4. The van der Waals surface area contributed by atoms with Crippen LogP contribution in [-0.4, -0.2) is 38.5 Å². The summed E-state index contributed by atoms with van der Waals surface area (Å²) in [5.74, 6) is 0.827. The van der Waals surface area contributed by atoms with Gasteiger partial charge in [-0.2, -0.15) is 0 Å². The van der Waals surface area contributed by atoms with Crippen molar-refractivity contribution in [1.29, 1.82) is 0 Å². The van der Waals surface area contributed by atoms with Crippen LogP contribution in [0.15, 0.2) is 17.4 Å². The first-order valence-electron chi connectivity index (χ1n) is 5.05. The topological polar surface area (TPSA) is 54.9 Å². The van der Waals surface area contributed by atoms with E-state index in [1.165, 1.54) is 0 Å². The van der Waals surface area contributed by atoms with Gasteiger partial charge in [0, 0.05) is 34.9 Å². The van der Waals surface area contributed by atoms with Gasteiger partial charge in [-0.1, -0.05) is 6.92 Å². The lowest BCUT2D eigenvalue weighted by molar-refractivity contribution is 0.672. The van der Waals surface area contributed by atoms with E-state index in [0.29, 0.717) is 0 Å². The first-order valence-corrected chi connectivity index (χ1v) is 7.90. The molecule has 0 aliphatic heterocycles. The van der Waals surface area contributed by atoms with Crippen molar-refractivity contribution in [3.8, 4) is 0 Å². The van der Waals surface area contributed by atoms with Crippen LogP contribution >= 0.6 is 11.8 Å². The van der Waals surface area contributed by atoms with E-state index >= 15 is 0 Å². The number of nitrogens with one attached hydrogen (secondary N) is 1. The average Bonchev–Trinajstić information content (AvgIpc) is 2.29. The summed E-state index contributed by atoms with van der Waals surface area (Å²) in [4.78, 5) is 8.21. The third-order valence-electron chi connectivity index (χ3n) is 2.27. The van der Waals surface area contributed by atoms with Crippen LogP contribution in [0.1, 0.15) is 13.3 Å². The molecular weight excluding hydrogens is 242 g/mol. The quantitative estimate of drug-likeness (QED) is 0.623. The second-order valence-electron chi connectivity index (χ2n) is 3.47. The Balaban J connectivity index is 2.39. The zero-order chi connectivity index (χ0) is 12.0. The lowest BCUT2D eigenvalue weighted by atomic mass is 10.3. The minimum absolute atomic E-state index is 0.217. The SMILES string of the molecule is CSc1cc(NCCC(C)S(C)=O)ncn1. The van der Waals surface area contributed by atoms with Gasteiger partial charge in [0.25, 0.3) is 0 Å². The predicted molar refractivity (Wildman–Crippen MR) is 70.4 cm³/mol. The monoisotopic (exact) mass is 259 g/mol. The molecule has 2 unspecified atom stereocenters. The molecule has 0 saturated heterocycles. The molecule has 0 amide bonds. The third-order valence-corrected chi connectivity index (χ3v) is 4.29. The van der Waals surface area contributed by atoms with E-state index in [-0.39, 0.29) is 5.25 Å². The minimum atomic E-state index is -0.751. The van der Waals surface area contributed by atoms with Crippen LogP contribution in [0.5, 0.6) is 0 Å². The lowest BCUT2D eigenvalue weighted by Crippen LogP contribution is -2.15. The van der Waals surface area contributed by atoms with Crippen LogP contribution in [0.25, 0.3) is 0 Å². The molecular formula is C10H17N3OS2. The van der Waals surface area contributed by atoms with Gasteiger partial charge in [-0.25, -0.2) is 9.97 Å². The molecule has 1 aromatic heterocycles. The second-order valence-corrected chi connectivity index (χ2v) is 6.10. The molecule has 1 N–H and O–H groups in total. The maximum Gasteiger partial charge on any atom is 0.130 e. The Morgan fingerprint density at radius 2 is 2.31 bits per heavy atom. The number of rotatable bonds is 6. The Hall–Kier alpha value is -0.620. The minimum Gasteiger partial charge on any atom is -0.370 e. The fourth-order valence-electron chi connectivity index (χ4n) is 1.12. The number of anilines is 1. The van der Waals surface area contributed by atoms with Gasteiger partial charge in [-0.15, -0.1) is 11.8 Å². The summed E-state index contributed by atoms with van der Waals surface area (Å²) in [6, 6.07) is 1.91. The lowest BCUT2D eigenvalue weighted by Gasteiger charge is -2.09. The summed E-state index contributed by atoms with van der Waals surface area (Å²) < 4.78 is 11.1. The zero-order valence-corrected chi connectivity index (χ0v) is 11.4. The molecule has 1 aromatic rings. The summed E-state index contributed by atoms with van der Waals surface area (Å²) in [6.45, 7) is 2.77. The molecule has 16 heavy (non-hydrogen) atoms. The van der Waals surface area contributed by atoms with Crippen LogP contribution < -0.4 is 5.32 Å². The highest BCUT2D eigenvalue weighted by atomic mass is 32.2. The van der Waals surface area contributed by atoms with Crippen LogP contribution in [0.4, 0.5) is 5.82 Å². The van der Waals surface area contributed by atoms with Gasteiger partial charge in [-0.3, -0.25) is 4.21 Å². The molecule has 0 aliphatic rings. The van der Waals surface area contributed by atoms with Gasteiger partial charge >= 0.3 is 0 Å². The molecule has 0 saturated carbocycles. The van der Waals surface area contributed by atoms with Crippen molar-refractivity contribution in [3.63, 3.8) is 0 Å².